The standard InChI is InChI=1S/C19H21ClF2N4O3/c20-11-9-12-16(29-13(23-12)10-26-5-7-28-8-6-26)14-15(11)24-17(27)25-18(14)1-3-19(21,22)4-2-18/h9H,1-8,10H2,(H2,24,25,27). The number of anilines is 1. The molecule has 1 saturated carbocycles. The van der Waals surface area contributed by atoms with E-state index < -0.39 is 17.5 Å². The number of fused-ring (bicyclic) bond motifs is 4. The van der Waals surface area contributed by atoms with E-state index in [9.17, 15) is 13.6 Å². The third-order valence-corrected chi connectivity index (χ3v) is 6.34. The van der Waals surface area contributed by atoms with Gasteiger partial charge in [0.2, 0.25) is 11.8 Å². The van der Waals surface area contributed by atoms with Crippen LogP contribution < -0.4 is 10.6 Å². The number of hydrogen-bond acceptors (Lipinski definition) is 5. The largest absolute Gasteiger partial charge is 0.439 e. The Morgan fingerprint density at radius 2 is 1.93 bits per heavy atom. The summed E-state index contributed by atoms with van der Waals surface area (Å²) in [6.45, 7) is 3.42. The number of rotatable bonds is 2. The van der Waals surface area contributed by atoms with Gasteiger partial charge in [-0.2, -0.15) is 0 Å². The van der Waals surface area contributed by atoms with Crippen LogP contribution in [0, 0.1) is 0 Å². The lowest BCUT2D eigenvalue weighted by molar-refractivity contribution is -0.0552. The monoisotopic (exact) mass is 426 g/mol. The van der Waals surface area contributed by atoms with Gasteiger partial charge in [-0.25, -0.2) is 18.6 Å². The molecule has 7 nitrogen and oxygen atoms in total. The number of morpholine rings is 1. The number of oxazole rings is 1. The SMILES string of the molecule is O=C1Nc2c(Cl)cc3nc(CN4CCOCC4)oc3c2C2(CCC(F)(F)CC2)N1. The van der Waals surface area contributed by atoms with E-state index in [1.807, 2.05) is 0 Å². The Bertz CT molecular complexity index is 964. The van der Waals surface area contributed by atoms with Crippen molar-refractivity contribution in [2.24, 2.45) is 0 Å². The Balaban J connectivity index is 1.59. The highest BCUT2D eigenvalue weighted by atomic mass is 35.5. The molecule has 2 aromatic rings. The normalized spacial score (nSPS) is 23.6. The Morgan fingerprint density at radius 3 is 2.66 bits per heavy atom. The van der Waals surface area contributed by atoms with E-state index in [0.29, 0.717) is 53.0 Å². The van der Waals surface area contributed by atoms with Gasteiger partial charge in [0, 0.05) is 31.5 Å². The van der Waals surface area contributed by atoms with Crippen molar-refractivity contribution in [3.8, 4) is 0 Å². The zero-order valence-corrected chi connectivity index (χ0v) is 16.5. The molecule has 0 radical (unpaired) electrons. The van der Waals surface area contributed by atoms with E-state index in [0.717, 1.165) is 13.1 Å². The minimum Gasteiger partial charge on any atom is -0.439 e. The van der Waals surface area contributed by atoms with Crippen LogP contribution in [-0.4, -0.2) is 48.1 Å². The van der Waals surface area contributed by atoms with Crippen LogP contribution in [0.1, 0.15) is 37.1 Å². The molecule has 2 N–H and O–H groups in total. The number of carbonyl (C=O) groups is 1. The highest BCUT2D eigenvalue weighted by molar-refractivity contribution is 6.35. The van der Waals surface area contributed by atoms with Crippen LogP contribution in [0.3, 0.4) is 0 Å². The Morgan fingerprint density at radius 1 is 1.21 bits per heavy atom. The van der Waals surface area contributed by atoms with Crippen molar-refractivity contribution in [2.45, 2.75) is 43.7 Å². The van der Waals surface area contributed by atoms with E-state index in [2.05, 4.69) is 20.5 Å². The highest BCUT2D eigenvalue weighted by Crippen LogP contribution is 2.51. The highest BCUT2D eigenvalue weighted by Gasteiger charge is 2.50. The fraction of sp³-hybridized carbons (Fsp3) is 0.579. The van der Waals surface area contributed by atoms with Gasteiger partial charge in [0.05, 0.1) is 36.0 Å². The first kappa shape index (κ1) is 19.0. The predicted molar refractivity (Wildman–Crippen MR) is 102 cm³/mol. The summed E-state index contributed by atoms with van der Waals surface area (Å²) in [7, 11) is 0. The van der Waals surface area contributed by atoms with Gasteiger partial charge in [-0.15, -0.1) is 0 Å². The van der Waals surface area contributed by atoms with Gasteiger partial charge in [-0.3, -0.25) is 4.90 Å². The van der Waals surface area contributed by atoms with Crippen LogP contribution >= 0.6 is 11.6 Å². The molecule has 10 heteroatoms. The van der Waals surface area contributed by atoms with Crippen LogP contribution in [0.15, 0.2) is 10.5 Å². The van der Waals surface area contributed by atoms with Crippen molar-refractivity contribution in [3.05, 3.63) is 22.5 Å². The second-order valence-electron chi connectivity index (χ2n) is 7.97. The third kappa shape index (κ3) is 3.35. The van der Waals surface area contributed by atoms with Gasteiger partial charge in [0.15, 0.2) is 5.58 Å². The first-order valence-corrected chi connectivity index (χ1v) is 10.1. The van der Waals surface area contributed by atoms with Crippen molar-refractivity contribution in [3.63, 3.8) is 0 Å². The number of alkyl halides is 2. The molecule has 5 rings (SSSR count). The molecule has 1 aliphatic carbocycles. The maximum atomic E-state index is 13.9. The molecule has 0 atom stereocenters. The van der Waals surface area contributed by atoms with Crippen molar-refractivity contribution < 1.29 is 22.7 Å². The Labute approximate surface area is 170 Å². The van der Waals surface area contributed by atoms with Crippen molar-refractivity contribution in [1.29, 1.82) is 0 Å². The van der Waals surface area contributed by atoms with Crippen LogP contribution in [0.5, 0.6) is 0 Å². The topological polar surface area (TPSA) is 79.6 Å². The van der Waals surface area contributed by atoms with Gasteiger partial charge in [0.25, 0.3) is 0 Å². The van der Waals surface area contributed by atoms with Crippen LogP contribution in [0.4, 0.5) is 19.3 Å². The molecule has 1 aromatic carbocycles. The minimum atomic E-state index is -2.73. The molecule has 0 bridgehead atoms. The molecular formula is C19H21ClF2N4O3. The molecule has 2 fully saturated rings. The van der Waals surface area contributed by atoms with Crippen molar-refractivity contribution in [2.75, 3.05) is 31.6 Å². The Kier molecular flexibility index (Phi) is 4.45. The number of hydrogen-bond donors (Lipinski definition) is 2. The quantitative estimate of drug-likeness (QED) is 0.762. The van der Waals surface area contributed by atoms with Gasteiger partial charge < -0.3 is 19.8 Å². The summed E-state index contributed by atoms with van der Waals surface area (Å²) in [5.74, 6) is -2.21. The molecule has 3 heterocycles. The van der Waals surface area contributed by atoms with E-state index in [-0.39, 0.29) is 25.7 Å². The average molecular weight is 427 g/mol. The summed E-state index contributed by atoms with van der Waals surface area (Å²) in [4.78, 5) is 19.0. The van der Waals surface area contributed by atoms with E-state index in [4.69, 9.17) is 20.8 Å². The first-order chi connectivity index (χ1) is 13.9. The van der Waals surface area contributed by atoms with Gasteiger partial charge in [-0.1, -0.05) is 11.6 Å². The molecule has 156 valence electrons. The van der Waals surface area contributed by atoms with E-state index in [1.54, 1.807) is 6.07 Å². The Hall–Kier alpha value is -1.97. The summed E-state index contributed by atoms with van der Waals surface area (Å²) in [5, 5.41) is 5.92. The van der Waals surface area contributed by atoms with Crippen LogP contribution in [0.25, 0.3) is 11.1 Å². The summed E-state index contributed by atoms with van der Waals surface area (Å²) >= 11 is 6.45. The number of nitrogens with zero attached hydrogens (tertiary/aromatic N) is 2. The third-order valence-electron chi connectivity index (χ3n) is 6.04. The summed E-state index contributed by atoms with van der Waals surface area (Å²) in [6, 6.07) is 1.20. The van der Waals surface area contributed by atoms with Crippen molar-refractivity contribution >= 4 is 34.4 Å². The fourth-order valence-corrected chi connectivity index (χ4v) is 4.76. The van der Waals surface area contributed by atoms with Gasteiger partial charge >= 0.3 is 6.03 Å². The lowest BCUT2D eigenvalue weighted by Gasteiger charge is -2.44. The number of aromatic nitrogens is 1. The number of halogens is 3. The average Bonchev–Trinajstić information content (AvgIpc) is 3.07. The molecule has 1 spiro atoms. The first-order valence-electron chi connectivity index (χ1n) is 9.75. The number of nitrogens with one attached hydrogen (secondary N) is 2. The molecule has 0 unspecified atom stereocenters. The summed E-state index contributed by atoms with van der Waals surface area (Å²) < 4.78 is 39.2. The lowest BCUT2D eigenvalue weighted by Crippen LogP contribution is -2.54. The molecule has 2 amide bonds. The second kappa shape index (κ2) is 6.78. The molecular weight excluding hydrogens is 406 g/mol. The maximum absolute atomic E-state index is 13.9. The molecule has 29 heavy (non-hydrogen) atoms. The van der Waals surface area contributed by atoms with Crippen LogP contribution in [0.2, 0.25) is 5.02 Å². The number of urea groups is 1. The zero-order chi connectivity index (χ0) is 20.2. The summed E-state index contributed by atoms with van der Waals surface area (Å²) in [5.41, 5.74) is 1.15. The minimum absolute atomic E-state index is 0.107. The lowest BCUT2D eigenvalue weighted by atomic mass is 9.73. The number of ether oxygens (including phenoxy) is 1. The van der Waals surface area contributed by atoms with E-state index in [1.165, 1.54) is 0 Å². The molecule has 3 aliphatic rings. The predicted octanol–water partition coefficient (Wildman–Crippen LogP) is 3.85. The zero-order valence-electron chi connectivity index (χ0n) is 15.7. The van der Waals surface area contributed by atoms with Crippen molar-refractivity contribution in [1.82, 2.24) is 15.2 Å². The van der Waals surface area contributed by atoms with Gasteiger partial charge in [-0.05, 0) is 18.9 Å². The number of benzene rings is 1. The number of amides is 2. The van der Waals surface area contributed by atoms with Gasteiger partial charge in [0.1, 0.15) is 5.52 Å². The van der Waals surface area contributed by atoms with E-state index >= 15 is 0 Å². The summed E-state index contributed by atoms with van der Waals surface area (Å²) in [6.07, 6.45) is -0.407. The number of carbonyl (C=O) groups excluding carboxylic acids is 1. The maximum Gasteiger partial charge on any atom is 0.319 e. The molecule has 1 aromatic heterocycles. The van der Waals surface area contributed by atoms with Crippen LogP contribution in [-0.2, 0) is 16.8 Å². The fourth-order valence-electron chi connectivity index (χ4n) is 4.52. The smallest absolute Gasteiger partial charge is 0.319 e. The molecule has 1 saturated heterocycles. The molecule has 2 aliphatic heterocycles. The second-order valence-corrected chi connectivity index (χ2v) is 8.38.